The molecule has 1 heterocycles. The second-order valence-corrected chi connectivity index (χ2v) is 3.78. The van der Waals surface area contributed by atoms with Crippen LogP contribution >= 0.6 is 0 Å². The molecule has 0 saturated heterocycles. The van der Waals surface area contributed by atoms with Crippen molar-refractivity contribution in [2.75, 3.05) is 6.54 Å². The van der Waals surface area contributed by atoms with Crippen LogP contribution in [0.1, 0.15) is 19.3 Å². The summed E-state index contributed by atoms with van der Waals surface area (Å²) in [7, 11) is 0. The molecule has 1 aliphatic carbocycles. The number of carbonyl (C=O) groups is 1. The molecule has 0 saturated carbocycles. The first-order valence-electron chi connectivity index (χ1n) is 4.75. The Kier molecular flexibility index (Phi) is 2.17. The molecule has 2 unspecified atom stereocenters. The van der Waals surface area contributed by atoms with E-state index in [-0.39, 0.29) is 11.8 Å². The lowest BCUT2D eigenvalue weighted by Crippen LogP contribution is -2.34. The fourth-order valence-electron chi connectivity index (χ4n) is 2.04. The third-order valence-electron chi connectivity index (χ3n) is 2.87. The number of carbonyl (C=O) groups excluding carboxylic acids is 1. The molecule has 0 aromatic rings. The third kappa shape index (κ3) is 1.64. The van der Waals surface area contributed by atoms with Crippen molar-refractivity contribution in [2.45, 2.75) is 19.3 Å². The molecular formula is C10H14N2O. The number of nitrogens with zero attached hydrogens (tertiary/aromatic N) is 1. The van der Waals surface area contributed by atoms with Gasteiger partial charge in [-0.15, -0.1) is 0 Å². The molecule has 2 aliphatic rings. The highest BCUT2D eigenvalue weighted by atomic mass is 16.1. The monoisotopic (exact) mass is 178 g/mol. The van der Waals surface area contributed by atoms with E-state index < -0.39 is 0 Å². The number of aliphatic imine (C=N–C) groups is 1. The second-order valence-electron chi connectivity index (χ2n) is 3.78. The zero-order valence-corrected chi connectivity index (χ0v) is 7.57. The first-order chi connectivity index (χ1) is 6.27. The zero-order valence-electron chi connectivity index (χ0n) is 7.57. The van der Waals surface area contributed by atoms with Crippen molar-refractivity contribution in [2.24, 2.45) is 22.6 Å². The molecule has 0 aromatic heterocycles. The van der Waals surface area contributed by atoms with Crippen LogP contribution in [0.4, 0.5) is 0 Å². The van der Waals surface area contributed by atoms with Crippen LogP contribution in [0.3, 0.4) is 0 Å². The summed E-state index contributed by atoms with van der Waals surface area (Å²) in [4.78, 5) is 15.4. The molecule has 3 heteroatoms. The average Bonchev–Trinajstić information content (AvgIpc) is 2.17. The summed E-state index contributed by atoms with van der Waals surface area (Å²) >= 11 is 0. The number of rotatable bonds is 1. The van der Waals surface area contributed by atoms with Crippen molar-refractivity contribution in [3.63, 3.8) is 0 Å². The Morgan fingerprint density at radius 2 is 2.38 bits per heavy atom. The van der Waals surface area contributed by atoms with Gasteiger partial charge in [-0.1, -0.05) is 12.2 Å². The topological polar surface area (TPSA) is 55.5 Å². The molecule has 1 aliphatic heterocycles. The van der Waals surface area contributed by atoms with Crippen molar-refractivity contribution in [3.8, 4) is 0 Å². The number of nitrogens with two attached hydrogens (primary N) is 1. The summed E-state index contributed by atoms with van der Waals surface area (Å²) in [6.07, 6.45) is 7.23. The lowest BCUT2D eigenvalue weighted by molar-refractivity contribution is -0.122. The lowest BCUT2D eigenvalue weighted by Gasteiger charge is -2.28. The summed E-state index contributed by atoms with van der Waals surface area (Å²) in [5.74, 6) is 0.258. The molecule has 2 N–H and O–H groups in total. The summed E-state index contributed by atoms with van der Waals surface area (Å²) in [5, 5.41) is 0. The van der Waals surface area contributed by atoms with Crippen LogP contribution in [0.25, 0.3) is 0 Å². The maximum atomic E-state index is 11.0. The van der Waals surface area contributed by atoms with Gasteiger partial charge < -0.3 is 5.73 Å². The summed E-state index contributed by atoms with van der Waals surface area (Å²) in [5.41, 5.74) is 6.53. The Morgan fingerprint density at radius 3 is 3.15 bits per heavy atom. The van der Waals surface area contributed by atoms with Crippen molar-refractivity contribution in [1.29, 1.82) is 0 Å². The lowest BCUT2D eigenvalue weighted by atomic mass is 9.81. The van der Waals surface area contributed by atoms with Gasteiger partial charge in [-0.3, -0.25) is 9.79 Å². The Hall–Kier alpha value is -1.12. The highest BCUT2D eigenvalue weighted by Gasteiger charge is 2.28. The highest BCUT2D eigenvalue weighted by molar-refractivity contribution is 5.91. The van der Waals surface area contributed by atoms with Crippen molar-refractivity contribution in [1.82, 2.24) is 0 Å². The maximum Gasteiger partial charge on any atom is 0.222 e. The van der Waals surface area contributed by atoms with Gasteiger partial charge in [0.05, 0.1) is 12.5 Å². The number of primary amides is 1. The van der Waals surface area contributed by atoms with E-state index in [0.29, 0.717) is 12.5 Å². The van der Waals surface area contributed by atoms with Gasteiger partial charge in [0.1, 0.15) is 0 Å². The fraction of sp³-hybridized carbons (Fsp3) is 0.600. The molecule has 13 heavy (non-hydrogen) atoms. The summed E-state index contributed by atoms with van der Waals surface area (Å²) in [6, 6.07) is 0. The molecule has 70 valence electrons. The van der Waals surface area contributed by atoms with Crippen molar-refractivity contribution < 1.29 is 4.79 Å². The second kappa shape index (κ2) is 3.32. The fourth-order valence-corrected chi connectivity index (χ4v) is 2.04. The van der Waals surface area contributed by atoms with Gasteiger partial charge in [-0.2, -0.15) is 0 Å². The van der Waals surface area contributed by atoms with E-state index in [4.69, 9.17) is 5.73 Å². The van der Waals surface area contributed by atoms with Gasteiger partial charge in [0.25, 0.3) is 0 Å². The van der Waals surface area contributed by atoms with E-state index in [9.17, 15) is 4.79 Å². The summed E-state index contributed by atoms with van der Waals surface area (Å²) < 4.78 is 0. The number of hydrogen-bond donors (Lipinski definition) is 1. The van der Waals surface area contributed by atoms with E-state index >= 15 is 0 Å². The van der Waals surface area contributed by atoms with Crippen molar-refractivity contribution in [3.05, 3.63) is 12.2 Å². The third-order valence-corrected chi connectivity index (χ3v) is 2.87. The molecule has 0 bridgehead atoms. The standard InChI is InChI=1S/C10H14N2O/c11-10(13)8-5-7-3-1-2-4-9(7)12-6-8/h1-2,7-8H,3-6H2,(H2,11,13). The molecule has 0 fully saturated rings. The van der Waals surface area contributed by atoms with E-state index in [1.165, 1.54) is 5.71 Å². The quantitative estimate of drug-likeness (QED) is 0.596. The van der Waals surface area contributed by atoms with Gasteiger partial charge in [-0.05, 0) is 12.8 Å². The normalized spacial score (nSPS) is 32.2. The van der Waals surface area contributed by atoms with Gasteiger partial charge in [0.15, 0.2) is 0 Å². The number of amides is 1. The van der Waals surface area contributed by atoms with Crippen LogP contribution in [0.2, 0.25) is 0 Å². The molecule has 2 atom stereocenters. The van der Waals surface area contributed by atoms with Gasteiger partial charge >= 0.3 is 0 Å². The van der Waals surface area contributed by atoms with Gasteiger partial charge in [0.2, 0.25) is 5.91 Å². The van der Waals surface area contributed by atoms with Crippen molar-refractivity contribution >= 4 is 11.6 Å². The minimum absolute atomic E-state index is 0.0275. The zero-order chi connectivity index (χ0) is 9.26. The summed E-state index contributed by atoms with van der Waals surface area (Å²) in [6.45, 7) is 0.606. The largest absolute Gasteiger partial charge is 0.369 e. The van der Waals surface area contributed by atoms with E-state index in [1.807, 2.05) is 0 Å². The molecule has 3 nitrogen and oxygen atoms in total. The van der Waals surface area contributed by atoms with Gasteiger partial charge in [0, 0.05) is 18.1 Å². The smallest absolute Gasteiger partial charge is 0.222 e. The molecule has 2 rings (SSSR count). The Labute approximate surface area is 77.7 Å². The highest BCUT2D eigenvalue weighted by Crippen LogP contribution is 2.27. The molecular weight excluding hydrogens is 164 g/mol. The van der Waals surface area contributed by atoms with E-state index in [0.717, 1.165) is 19.3 Å². The van der Waals surface area contributed by atoms with E-state index in [1.54, 1.807) is 0 Å². The predicted octanol–water partition coefficient (Wildman–Crippen LogP) is 0.899. The van der Waals surface area contributed by atoms with Crippen LogP contribution in [-0.2, 0) is 4.79 Å². The van der Waals surface area contributed by atoms with Crippen LogP contribution in [0.15, 0.2) is 17.1 Å². The number of hydrogen-bond acceptors (Lipinski definition) is 2. The first kappa shape index (κ1) is 8.48. The minimum atomic E-state index is -0.197. The molecule has 1 amide bonds. The number of allylic oxidation sites excluding steroid dienone is 2. The Balaban J connectivity index is 2.11. The minimum Gasteiger partial charge on any atom is -0.369 e. The maximum absolute atomic E-state index is 11.0. The van der Waals surface area contributed by atoms with Crippen LogP contribution in [0, 0.1) is 11.8 Å². The van der Waals surface area contributed by atoms with Crippen LogP contribution < -0.4 is 5.73 Å². The number of fused-ring (bicyclic) bond motifs is 1. The predicted molar refractivity (Wildman–Crippen MR) is 51.5 cm³/mol. The van der Waals surface area contributed by atoms with Gasteiger partial charge in [-0.25, -0.2) is 0 Å². The van der Waals surface area contributed by atoms with Crippen LogP contribution in [-0.4, -0.2) is 18.2 Å². The Bertz CT molecular complexity index is 281. The van der Waals surface area contributed by atoms with E-state index in [2.05, 4.69) is 17.1 Å². The average molecular weight is 178 g/mol. The Morgan fingerprint density at radius 1 is 1.54 bits per heavy atom. The first-order valence-corrected chi connectivity index (χ1v) is 4.75. The molecule has 0 aromatic carbocycles. The van der Waals surface area contributed by atoms with Crippen LogP contribution in [0.5, 0.6) is 0 Å². The molecule has 0 radical (unpaired) electrons. The SMILES string of the molecule is NC(=O)C1CN=C2CC=CCC2C1. The molecule has 0 spiro atoms.